The molecule has 2 aliphatic rings. The van der Waals surface area contributed by atoms with Crippen molar-refractivity contribution in [1.29, 1.82) is 0 Å². The van der Waals surface area contributed by atoms with Crippen LogP contribution in [0, 0.1) is 0 Å². The van der Waals surface area contributed by atoms with Gasteiger partial charge in [0.25, 0.3) is 0 Å². The third kappa shape index (κ3) is 1.79. The summed E-state index contributed by atoms with van der Waals surface area (Å²) in [6.45, 7) is 0.835. The lowest BCUT2D eigenvalue weighted by Crippen LogP contribution is -2.32. The average molecular weight is 329 g/mol. The van der Waals surface area contributed by atoms with Crippen molar-refractivity contribution in [1.82, 2.24) is 4.98 Å². The molecule has 1 aromatic heterocycles. The fourth-order valence-corrected chi connectivity index (χ4v) is 3.56. The Balaban J connectivity index is 1.87. The van der Waals surface area contributed by atoms with Gasteiger partial charge in [-0.3, -0.25) is 9.78 Å². The van der Waals surface area contributed by atoms with E-state index in [2.05, 4.69) is 39.1 Å². The van der Waals surface area contributed by atoms with Crippen LogP contribution < -0.4 is 4.90 Å². The standard InChI is InChI=1S/C16H13BrN2O/c17-14-7-13(8-18-9-14)12-5-10-1-2-15(20)19-4-3-11(6-12)16(10)19/h5-9H,1-4H2. The lowest BCUT2D eigenvalue weighted by Gasteiger charge is -2.25. The van der Waals surface area contributed by atoms with Crippen LogP contribution in [0.3, 0.4) is 0 Å². The van der Waals surface area contributed by atoms with Gasteiger partial charge in [0.05, 0.1) is 5.69 Å². The summed E-state index contributed by atoms with van der Waals surface area (Å²) in [5.41, 5.74) is 6.09. The van der Waals surface area contributed by atoms with Crippen LogP contribution in [-0.2, 0) is 17.6 Å². The fourth-order valence-electron chi connectivity index (χ4n) is 3.19. The van der Waals surface area contributed by atoms with E-state index in [1.54, 1.807) is 6.20 Å². The summed E-state index contributed by atoms with van der Waals surface area (Å²) in [6, 6.07) is 6.51. The topological polar surface area (TPSA) is 33.2 Å². The number of carbonyl (C=O) groups is 1. The van der Waals surface area contributed by atoms with E-state index in [0.29, 0.717) is 6.42 Å². The van der Waals surface area contributed by atoms with Crippen LogP contribution in [0.15, 0.2) is 35.1 Å². The van der Waals surface area contributed by atoms with Crippen LogP contribution in [0.25, 0.3) is 11.1 Å². The van der Waals surface area contributed by atoms with Crippen LogP contribution in [0.2, 0.25) is 0 Å². The Morgan fingerprint density at radius 1 is 1.00 bits per heavy atom. The van der Waals surface area contributed by atoms with Gasteiger partial charge in [0.15, 0.2) is 0 Å². The van der Waals surface area contributed by atoms with E-state index in [9.17, 15) is 4.79 Å². The van der Waals surface area contributed by atoms with Crippen molar-refractivity contribution in [2.24, 2.45) is 0 Å². The highest BCUT2D eigenvalue weighted by atomic mass is 79.9. The van der Waals surface area contributed by atoms with Crippen molar-refractivity contribution >= 4 is 27.5 Å². The van der Waals surface area contributed by atoms with Crippen LogP contribution in [0.1, 0.15) is 17.5 Å². The summed E-state index contributed by atoms with van der Waals surface area (Å²) in [7, 11) is 0. The molecule has 0 N–H and O–H groups in total. The Morgan fingerprint density at radius 3 is 2.60 bits per heavy atom. The molecule has 20 heavy (non-hydrogen) atoms. The van der Waals surface area contributed by atoms with Gasteiger partial charge in [0, 0.05) is 35.4 Å². The molecule has 4 rings (SSSR count). The second-order valence-electron chi connectivity index (χ2n) is 5.33. The minimum atomic E-state index is 0.271. The molecule has 0 unspecified atom stereocenters. The molecule has 0 aliphatic carbocycles. The maximum atomic E-state index is 11.9. The molecule has 0 atom stereocenters. The lowest BCUT2D eigenvalue weighted by atomic mass is 9.94. The maximum Gasteiger partial charge on any atom is 0.227 e. The SMILES string of the molecule is O=C1CCc2cc(-c3cncc(Br)c3)cc3c2N1CC3. The number of pyridine rings is 1. The largest absolute Gasteiger partial charge is 0.312 e. The van der Waals surface area contributed by atoms with E-state index in [4.69, 9.17) is 0 Å². The summed E-state index contributed by atoms with van der Waals surface area (Å²) in [5, 5.41) is 0. The highest BCUT2D eigenvalue weighted by Gasteiger charge is 2.31. The molecule has 1 amide bonds. The van der Waals surface area contributed by atoms with Crippen LogP contribution in [0.5, 0.6) is 0 Å². The number of hydrogen-bond donors (Lipinski definition) is 0. The number of amides is 1. The van der Waals surface area contributed by atoms with Crippen molar-refractivity contribution in [3.63, 3.8) is 0 Å². The number of benzene rings is 1. The summed E-state index contributed by atoms with van der Waals surface area (Å²) in [5.74, 6) is 0.271. The molecule has 1 aromatic carbocycles. The van der Waals surface area contributed by atoms with Gasteiger partial charge < -0.3 is 4.90 Å². The van der Waals surface area contributed by atoms with Gasteiger partial charge >= 0.3 is 0 Å². The third-order valence-electron chi connectivity index (χ3n) is 4.09. The van der Waals surface area contributed by atoms with Crippen molar-refractivity contribution in [3.8, 4) is 11.1 Å². The second-order valence-corrected chi connectivity index (χ2v) is 6.25. The first-order chi connectivity index (χ1) is 9.72. The van der Waals surface area contributed by atoms with Gasteiger partial charge in [-0.15, -0.1) is 0 Å². The highest BCUT2D eigenvalue weighted by molar-refractivity contribution is 9.10. The zero-order valence-corrected chi connectivity index (χ0v) is 12.5. The first kappa shape index (κ1) is 12.1. The zero-order valence-electron chi connectivity index (χ0n) is 10.9. The van der Waals surface area contributed by atoms with E-state index in [1.165, 1.54) is 22.4 Å². The Kier molecular flexibility index (Phi) is 2.67. The van der Waals surface area contributed by atoms with Gasteiger partial charge in [0.2, 0.25) is 5.91 Å². The smallest absolute Gasteiger partial charge is 0.227 e. The quantitative estimate of drug-likeness (QED) is 0.804. The Morgan fingerprint density at radius 2 is 1.80 bits per heavy atom. The first-order valence-electron chi connectivity index (χ1n) is 6.79. The second kappa shape index (κ2) is 4.42. The Labute approximate surface area is 125 Å². The van der Waals surface area contributed by atoms with Gasteiger partial charge in [0.1, 0.15) is 0 Å². The number of aromatic nitrogens is 1. The Hall–Kier alpha value is -1.68. The van der Waals surface area contributed by atoms with E-state index >= 15 is 0 Å². The molecule has 0 radical (unpaired) electrons. The molecular weight excluding hydrogens is 316 g/mol. The number of halogens is 1. The molecule has 3 nitrogen and oxygen atoms in total. The van der Waals surface area contributed by atoms with E-state index in [1.807, 2.05) is 11.1 Å². The molecule has 100 valence electrons. The van der Waals surface area contributed by atoms with Crippen LogP contribution in [-0.4, -0.2) is 17.4 Å². The van der Waals surface area contributed by atoms with E-state index in [-0.39, 0.29) is 5.91 Å². The number of aryl methyl sites for hydroxylation is 1. The summed E-state index contributed by atoms with van der Waals surface area (Å²) < 4.78 is 0.987. The molecule has 0 bridgehead atoms. The molecule has 0 spiro atoms. The maximum absolute atomic E-state index is 11.9. The monoisotopic (exact) mass is 328 g/mol. The lowest BCUT2D eigenvalue weighted by molar-refractivity contribution is -0.118. The van der Waals surface area contributed by atoms with Crippen molar-refractivity contribution < 1.29 is 4.79 Å². The van der Waals surface area contributed by atoms with Crippen molar-refractivity contribution in [2.75, 3.05) is 11.4 Å². The van der Waals surface area contributed by atoms with Crippen molar-refractivity contribution in [2.45, 2.75) is 19.3 Å². The predicted octanol–water partition coefficient (Wildman–Crippen LogP) is 3.35. The minimum Gasteiger partial charge on any atom is -0.312 e. The highest BCUT2D eigenvalue weighted by Crippen LogP contribution is 2.39. The number of rotatable bonds is 1. The number of anilines is 1. The average Bonchev–Trinajstić information content (AvgIpc) is 2.88. The fraction of sp³-hybridized carbons (Fsp3) is 0.250. The molecular formula is C16H13BrN2O. The van der Waals surface area contributed by atoms with E-state index < -0.39 is 0 Å². The predicted molar refractivity (Wildman–Crippen MR) is 81.8 cm³/mol. The van der Waals surface area contributed by atoms with E-state index in [0.717, 1.165) is 29.4 Å². The summed E-state index contributed by atoms with van der Waals surface area (Å²) in [6.07, 6.45) is 6.13. The number of nitrogens with zero attached hydrogens (tertiary/aromatic N) is 2. The first-order valence-corrected chi connectivity index (χ1v) is 7.59. The van der Waals surface area contributed by atoms with Crippen LogP contribution in [0.4, 0.5) is 5.69 Å². The molecule has 0 fully saturated rings. The normalized spacial score (nSPS) is 16.4. The number of carbonyl (C=O) groups excluding carboxylic acids is 1. The number of hydrogen-bond acceptors (Lipinski definition) is 2. The van der Waals surface area contributed by atoms with Crippen molar-refractivity contribution in [3.05, 3.63) is 46.2 Å². The molecule has 2 aliphatic heterocycles. The van der Waals surface area contributed by atoms with Crippen LogP contribution >= 0.6 is 15.9 Å². The molecule has 0 saturated heterocycles. The Bertz CT molecular complexity index is 726. The van der Waals surface area contributed by atoms with Gasteiger partial charge in [-0.05, 0) is 63.7 Å². The third-order valence-corrected chi connectivity index (χ3v) is 4.52. The molecule has 2 aromatic rings. The molecule has 0 saturated carbocycles. The molecule has 4 heteroatoms. The summed E-state index contributed by atoms with van der Waals surface area (Å²) in [4.78, 5) is 18.1. The summed E-state index contributed by atoms with van der Waals surface area (Å²) >= 11 is 3.47. The molecule has 3 heterocycles. The van der Waals surface area contributed by atoms with Gasteiger partial charge in [-0.1, -0.05) is 0 Å². The minimum absolute atomic E-state index is 0.271. The zero-order chi connectivity index (χ0) is 13.7. The van der Waals surface area contributed by atoms with Gasteiger partial charge in [-0.2, -0.15) is 0 Å². The van der Waals surface area contributed by atoms with Gasteiger partial charge in [-0.25, -0.2) is 0 Å².